The van der Waals surface area contributed by atoms with Crippen molar-refractivity contribution in [3.8, 4) is 5.75 Å². The van der Waals surface area contributed by atoms with Crippen LogP contribution >= 0.6 is 0 Å². The zero-order valence-corrected chi connectivity index (χ0v) is 12.2. The fourth-order valence-electron chi connectivity index (χ4n) is 1.58. The van der Waals surface area contributed by atoms with E-state index in [1.54, 1.807) is 0 Å². The maximum atomic E-state index is 11.5. The first-order chi connectivity index (χ1) is 8.97. The zero-order valence-electron chi connectivity index (χ0n) is 12.2. The zero-order chi connectivity index (χ0) is 14.3. The van der Waals surface area contributed by atoms with Crippen LogP contribution in [0.2, 0.25) is 0 Å². The second kappa shape index (κ2) is 7.79. The predicted molar refractivity (Wildman–Crippen MR) is 77.2 cm³/mol. The van der Waals surface area contributed by atoms with Crippen LogP contribution < -0.4 is 15.4 Å². The minimum absolute atomic E-state index is 0.0548. The predicted octanol–water partition coefficient (Wildman–Crippen LogP) is 2.09. The highest BCUT2D eigenvalue weighted by Gasteiger charge is 2.04. The van der Waals surface area contributed by atoms with Gasteiger partial charge < -0.3 is 15.4 Å². The van der Waals surface area contributed by atoms with Gasteiger partial charge in [0.25, 0.3) is 5.91 Å². The average molecular weight is 264 g/mol. The Hall–Kier alpha value is -1.55. The van der Waals surface area contributed by atoms with Crippen molar-refractivity contribution >= 4 is 5.91 Å². The van der Waals surface area contributed by atoms with Crippen LogP contribution in [0.3, 0.4) is 0 Å². The summed E-state index contributed by atoms with van der Waals surface area (Å²) in [6, 6.07) is 8.38. The lowest BCUT2D eigenvalue weighted by Crippen LogP contribution is -2.34. The maximum absolute atomic E-state index is 11.5. The molecule has 1 aromatic carbocycles. The summed E-state index contributed by atoms with van der Waals surface area (Å²) in [5, 5.41) is 6.14. The minimum atomic E-state index is -0.0966. The summed E-state index contributed by atoms with van der Waals surface area (Å²) >= 11 is 0. The Morgan fingerprint density at radius 1 is 1.21 bits per heavy atom. The molecule has 19 heavy (non-hydrogen) atoms. The van der Waals surface area contributed by atoms with E-state index in [9.17, 15) is 4.79 Å². The molecule has 0 aliphatic heterocycles. The number of carbonyl (C=O) groups excluding carboxylic acids is 1. The van der Waals surface area contributed by atoms with Crippen LogP contribution in [0, 0.1) is 0 Å². The van der Waals surface area contributed by atoms with Crippen LogP contribution in [-0.2, 0) is 11.3 Å². The molecule has 1 aromatic rings. The Bertz CT molecular complexity index is 403. The molecule has 0 fully saturated rings. The lowest BCUT2D eigenvalue weighted by atomic mass is 10.2. The Morgan fingerprint density at radius 2 is 1.95 bits per heavy atom. The Balaban J connectivity index is 2.45. The molecule has 0 heterocycles. The summed E-state index contributed by atoms with van der Waals surface area (Å²) in [7, 11) is 0. The molecule has 1 rings (SSSR count). The smallest absolute Gasteiger partial charge is 0.258 e. The molecule has 0 aliphatic rings. The first-order valence-electron chi connectivity index (χ1n) is 6.72. The number of hydrogen-bond acceptors (Lipinski definition) is 3. The van der Waals surface area contributed by atoms with E-state index in [0.29, 0.717) is 6.04 Å². The van der Waals surface area contributed by atoms with Crippen LogP contribution in [0.25, 0.3) is 0 Å². The molecule has 0 aromatic heterocycles. The lowest BCUT2D eigenvalue weighted by Gasteiger charge is -2.11. The SMILES string of the molecule is CC(C)NCc1cccc(OCC(=O)NC(C)C)c1. The van der Waals surface area contributed by atoms with Gasteiger partial charge in [0, 0.05) is 18.6 Å². The molecule has 4 heteroatoms. The Kier molecular flexibility index (Phi) is 6.36. The van der Waals surface area contributed by atoms with E-state index >= 15 is 0 Å². The van der Waals surface area contributed by atoms with Gasteiger partial charge in [0.2, 0.25) is 0 Å². The minimum Gasteiger partial charge on any atom is -0.484 e. The number of nitrogens with one attached hydrogen (secondary N) is 2. The van der Waals surface area contributed by atoms with Crippen molar-refractivity contribution in [1.29, 1.82) is 0 Å². The average Bonchev–Trinajstić information content (AvgIpc) is 2.34. The van der Waals surface area contributed by atoms with Crippen LogP contribution in [0.4, 0.5) is 0 Å². The highest BCUT2D eigenvalue weighted by atomic mass is 16.5. The number of amides is 1. The summed E-state index contributed by atoms with van der Waals surface area (Å²) in [5.74, 6) is 0.627. The van der Waals surface area contributed by atoms with E-state index in [1.807, 2.05) is 38.1 Å². The molecular weight excluding hydrogens is 240 g/mol. The molecule has 4 nitrogen and oxygen atoms in total. The normalized spacial score (nSPS) is 10.8. The highest BCUT2D eigenvalue weighted by Crippen LogP contribution is 2.13. The molecule has 0 bridgehead atoms. The molecule has 2 N–H and O–H groups in total. The second-order valence-corrected chi connectivity index (χ2v) is 5.19. The van der Waals surface area contributed by atoms with Gasteiger partial charge in [0.05, 0.1) is 0 Å². The van der Waals surface area contributed by atoms with Crippen molar-refractivity contribution in [2.45, 2.75) is 46.3 Å². The van der Waals surface area contributed by atoms with Gasteiger partial charge in [-0.1, -0.05) is 26.0 Å². The summed E-state index contributed by atoms with van der Waals surface area (Å²) in [5.41, 5.74) is 1.15. The van der Waals surface area contributed by atoms with Gasteiger partial charge in [-0.05, 0) is 31.5 Å². The summed E-state index contributed by atoms with van der Waals surface area (Å²) in [6.07, 6.45) is 0. The van der Waals surface area contributed by atoms with Gasteiger partial charge in [-0.15, -0.1) is 0 Å². The second-order valence-electron chi connectivity index (χ2n) is 5.19. The fourth-order valence-corrected chi connectivity index (χ4v) is 1.58. The van der Waals surface area contributed by atoms with E-state index in [4.69, 9.17) is 4.74 Å². The molecule has 0 atom stereocenters. The van der Waals surface area contributed by atoms with E-state index in [-0.39, 0.29) is 18.6 Å². The molecule has 0 aliphatic carbocycles. The summed E-state index contributed by atoms with van der Waals surface area (Å²) in [4.78, 5) is 11.5. The third kappa shape index (κ3) is 6.82. The highest BCUT2D eigenvalue weighted by molar-refractivity contribution is 5.77. The third-order valence-corrected chi connectivity index (χ3v) is 2.43. The number of hydrogen-bond donors (Lipinski definition) is 2. The van der Waals surface area contributed by atoms with Crippen molar-refractivity contribution in [3.63, 3.8) is 0 Å². The van der Waals surface area contributed by atoms with Crippen molar-refractivity contribution < 1.29 is 9.53 Å². The molecule has 0 saturated carbocycles. The monoisotopic (exact) mass is 264 g/mol. The van der Waals surface area contributed by atoms with Crippen LogP contribution in [0.5, 0.6) is 5.75 Å². The molecular formula is C15H24N2O2. The van der Waals surface area contributed by atoms with Crippen LogP contribution in [-0.4, -0.2) is 24.6 Å². The largest absolute Gasteiger partial charge is 0.484 e. The molecule has 0 unspecified atom stereocenters. The first kappa shape index (κ1) is 15.5. The van der Waals surface area contributed by atoms with Gasteiger partial charge in [-0.3, -0.25) is 4.79 Å². The topological polar surface area (TPSA) is 50.4 Å². The van der Waals surface area contributed by atoms with Crippen molar-refractivity contribution in [2.24, 2.45) is 0 Å². The number of carbonyl (C=O) groups is 1. The summed E-state index contributed by atoms with van der Waals surface area (Å²) < 4.78 is 5.48. The first-order valence-corrected chi connectivity index (χ1v) is 6.72. The third-order valence-electron chi connectivity index (χ3n) is 2.43. The number of ether oxygens (including phenoxy) is 1. The Labute approximate surface area is 115 Å². The quantitative estimate of drug-likeness (QED) is 0.793. The number of rotatable bonds is 7. The lowest BCUT2D eigenvalue weighted by molar-refractivity contribution is -0.123. The fraction of sp³-hybridized carbons (Fsp3) is 0.533. The van der Waals surface area contributed by atoms with E-state index < -0.39 is 0 Å². The standard InChI is InChI=1S/C15H24N2O2/c1-11(2)16-9-13-6-5-7-14(8-13)19-10-15(18)17-12(3)4/h5-8,11-12,16H,9-10H2,1-4H3,(H,17,18). The van der Waals surface area contributed by atoms with Crippen molar-refractivity contribution in [2.75, 3.05) is 6.61 Å². The van der Waals surface area contributed by atoms with Crippen molar-refractivity contribution in [3.05, 3.63) is 29.8 Å². The molecule has 0 saturated heterocycles. The van der Waals surface area contributed by atoms with E-state index in [0.717, 1.165) is 17.9 Å². The molecule has 0 radical (unpaired) electrons. The summed E-state index contributed by atoms with van der Waals surface area (Å²) in [6.45, 7) is 8.92. The van der Waals surface area contributed by atoms with Gasteiger partial charge >= 0.3 is 0 Å². The van der Waals surface area contributed by atoms with Gasteiger partial charge in [-0.2, -0.15) is 0 Å². The van der Waals surface area contributed by atoms with Crippen LogP contribution in [0.15, 0.2) is 24.3 Å². The van der Waals surface area contributed by atoms with Gasteiger partial charge in [0.15, 0.2) is 6.61 Å². The molecule has 0 spiro atoms. The molecule has 1 amide bonds. The van der Waals surface area contributed by atoms with E-state index in [2.05, 4.69) is 24.5 Å². The Morgan fingerprint density at radius 3 is 2.58 bits per heavy atom. The maximum Gasteiger partial charge on any atom is 0.258 e. The number of benzene rings is 1. The molecule has 106 valence electrons. The van der Waals surface area contributed by atoms with Gasteiger partial charge in [-0.25, -0.2) is 0 Å². The van der Waals surface area contributed by atoms with Gasteiger partial charge in [0.1, 0.15) is 5.75 Å². The van der Waals surface area contributed by atoms with Crippen molar-refractivity contribution in [1.82, 2.24) is 10.6 Å². The van der Waals surface area contributed by atoms with Crippen LogP contribution in [0.1, 0.15) is 33.3 Å². The van der Waals surface area contributed by atoms with E-state index in [1.165, 1.54) is 0 Å².